The van der Waals surface area contributed by atoms with E-state index in [0.717, 1.165) is 35.7 Å². The Kier molecular flexibility index (Phi) is 5.10. The van der Waals surface area contributed by atoms with Crippen LogP contribution < -0.4 is 10.5 Å². The fraction of sp³-hybridized carbons (Fsp3) is 0.500. The second-order valence-electron chi connectivity index (χ2n) is 4.67. The first-order chi connectivity index (χ1) is 9.16. The van der Waals surface area contributed by atoms with Gasteiger partial charge in [-0.25, -0.2) is 0 Å². The van der Waals surface area contributed by atoms with Crippen molar-refractivity contribution in [2.75, 3.05) is 11.5 Å². The third kappa shape index (κ3) is 4.14. The molecule has 1 saturated heterocycles. The quantitative estimate of drug-likeness (QED) is 0.867. The van der Waals surface area contributed by atoms with Crippen molar-refractivity contribution in [3.63, 3.8) is 0 Å². The van der Waals surface area contributed by atoms with Crippen molar-refractivity contribution in [2.24, 2.45) is 5.73 Å². The highest BCUT2D eigenvalue weighted by atomic mass is 32.2. The average molecular weight is 281 g/mol. The lowest BCUT2D eigenvalue weighted by molar-refractivity contribution is -0.137. The zero-order chi connectivity index (χ0) is 13.7. The number of rotatable bonds is 5. The van der Waals surface area contributed by atoms with Crippen molar-refractivity contribution in [3.05, 3.63) is 29.8 Å². The summed E-state index contributed by atoms with van der Waals surface area (Å²) < 4.78 is 6.00. The molecule has 0 amide bonds. The van der Waals surface area contributed by atoms with E-state index in [1.807, 2.05) is 36.0 Å². The molecule has 1 heterocycles. The molecule has 2 rings (SSSR count). The number of carboxylic acid groups (broad SMARTS) is 1. The van der Waals surface area contributed by atoms with Gasteiger partial charge in [0, 0.05) is 11.6 Å². The molecule has 1 unspecified atom stereocenters. The smallest absolute Gasteiger partial charge is 0.305 e. The third-order valence-electron chi connectivity index (χ3n) is 3.17. The summed E-state index contributed by atoms with van der Waals surface area (Å²) in [7, 11) is 0. The molecule has 0 radical (unpaired) electrons. The van der Waals surface area contributed by atoms with Crippen LogP contribution in [0.25, 0.3) is 0 Å². The number of carboxylic acids is 1. The molecule has 0 spiro atoms. The monoisotopic (exact) mass is 281 g/mol. The van der Waals surface area contributed by atoms with E-state index in [2.05, 4.69) is 0 Å². The number of ether oxygens (including phenoxy) is 1. The van der Waals surface area contributed by atoms with Gasteiger partial charge < -0.3 is 15.6 Å². The van der Waals surface area contributed by atoms with Crippen LogP contribution in [0.15, 0.2) is 24.3 Å². The van der Waals surface area contributed by atoms with Crippen LogP contribution in [0.4, 0.5) is 0 Å². The molecular formula is C14H19NO3S. The highest BCUT2D eigenvalue weighted by Gasteiger charge is 2.19. The predicted molar refractivity (Wildman–Crippen MR) is 76.6 cm³/mol. The molecule has 3 N–H and O–H groups in total. The maximum atomic E-state index is 10.8. The number of hydrogen-bond donors (Lipinski definition) is 2. The Hall–Kier alpha value is -1.20. The van der Waals surface area contributed by atoms with E-state index in [4.69, 9.17) is 15.6 Å². The second-order valence-corrected chi connectivity index (χ2v) is 5.90. The summed E-state index contributed by atoms with van der Waals surface area (Å²) in [5.74, 6) is 2.08. The first kappa shape index (κ1) is 14.2. The number of benzene rings is 1. The van der Waals surface area contributed by atoms with Crippen molar-refractivity contribution in [1.29, 1.82) is 0 Å². The fourth-order valence-corrected chi connectivity index (χ4v) is 3.23. The lowest BCUT2D eigenvalue weighted by Crippen LogP contribution is -2.24. The molecular weight excluding hydrogens is 262 g/mol. The summed E-state index contributed by atoms with van der Waals surface area (Å²) in [5, 5.41) is 8.83. The minimum atomic E-state index is -0.892. The Morgan fingerprint density at radius 2 is 2.11 bits per heavy atom. The maximum Gasteiger partial charge on any atom is 0.305 e. The van der Waals surface area contributed by atoms with E-state index in [0.29, 0.717) is 0 Å². The fourth-order valence-electron chi connectivity index (χ4n) is 2.17. The van der Waals surface area contributed by atoms with E-state index in [1.54, 1.807) is 0 Å². The summed E-state index contributed by atoms with van der Waals surface area (Å²) >= 11 is 1.95. The molecule has 104 valence electrons. The summed E-state index contributed by atoms with van der Waals surface area (Å²) in [6, 6.07) is 6.95. The van der Waals surface area contributed by atoms with E-state index in [9.17, 15) is 4.79 Å². The standard InChI is InChI=1S/C14H19NO3S/c15-12(9-14(16)17)11-3-1-2-4-13(11)18-10-5-7-19-8-6-10/h1-4,10,12H,5-9,15H2,(H,16,17). The van der Waals surface area contributed by atoms with Crippen molar-refractivity contribution < 1.29 is 14.6 Å². The van der Waals surface area contributed by atoms with Gasteiger partial charge in [-0.3, -0.25) is 4.79 Å². The van der Waals surface area contributed by atoms with Crippen LogP contribution >= 0.6 is 11.8 Å². The normalized spacial score (nSPS) is 17.9. The van der Waals surface area contributed by atoms with Gasteiger partial charge in [-0.1, -0.05) is 18.2 Å². The van der Waals surface area contributed by atoms with Crippen molar-refractivity contribution in [3.8, 4) is 5.75 Å². The van der Waals surface area contributed by atoms with Crippen LogP contribution in [0.2, 0.25) is 0 Å². The largest absolute Gasteiger partial charge is 0.490 e. The van der Waals surface area contributed by atoms with Gasteiger partial charge in [-0.05, 0) is 30.4 Å². The van der Waals surface area contributed by atoms with Gasteiger partial charge in [0.25, 0.3) is 0 Å². The molecule has 19 heavy (non-hydrogen) atoms. The predicted octanol–water partition coefficient (Wildman–Crippen LogP) is 2.44. The van der Waals surface area contributed by atoms with Gasteiger partial charge in [-0.2, -0.15) is 11.8 Å². The summed E-state index contributed by atoms with van der Waals surface area (Å²) in [4.78, 5) is 10.8. The topological polar surface area (TPSA) is 72.6 Å². The number of carbonyl (C=O) groups is 1. The number of para-hydroxylation sites is 1. The van der Waals surface area contributed by atoms with Crippen LogP contribution in [-0.2, 0) is 4.79 Å². The van der Waals surface area contributed by atoms with Crippen LogP contribution in [-0.4, -0.2) is 28.7 Å². The van der Waals surface area contributed by atoms with Crippen molar-refractivity contribution >= 4 is 17.7 Å². The summed E-state index contributed by atoms with van der Waals surface area (Å²) in [6.07, 6.45) is 2.21. The van der Waals surface area contributed by atoms with E-state index in [1.165, 1.54) is 0 Å². The molecule has 0 aliphatic carbocycles. The molecule has 0 saturated carbocycles. The average Bonchev–Trinajstić information content (AvgIpc) is 2.39. The molecule has 1 atom stereocenters. The first-order valence-corrected chi connectivity index (χ1v) is 7.63. The van der Waals surface area contributed by atoms with Crippen LogP contribution in [0, 0.1) is 0 Å². The Morgan fingerprint density at radius 3 is 2.79 bits per heavy atom. The van der Waals surface area contributed by atoms with Gasteiger partial charge >= 0.3 is 5.97 Å². The molecule has 1 aliphatic rings. The zero-order valence-electron chi connectivity index (χ0n) is 10.7. The Bertz CT molecular complexity index is 432. The van der Waals surface area contributed by atoms with E-state index >= 15 is 0 Å². The summed E-state index contributed by atoms with van der Waals surface area (Å²) in [5.41, 5.74) is 6.72. The highest BCUT2D eigenvalue weighted by molar-refractivity contribution is 7.99. The SMILES string of the molecule is NC(CC(=O)O)c1ccccc1OC1CCSCC1. The molecule has 1 aromatic carbocycles. The maximum absolute atomic E-state index is 10.8. The Morgan fingerprint density at radius 1 is 1.42 bits per heavy atom. The molecule has 0 aromatic heterocycles. The Labute approximate surface area is 117 Å². The van der Waals surface area contributed by atoms with Gasteiger partial charge in [0.1, 0.15) is 11.9 Å². The molecule has 0 bridgehead atoms. The number of hydrogen-bond acceptors (Lipinski definition) is 4. The van der Waals surface area contributed by atoms with E-state index < -0.39 is 12.0 Å². The van der Waals surface area contributed by atoms with Gasteiger partial charge in [0.15, 0.2) is 0 Å². The minimum absolute atomic E-state index is 0.0824. The van der Waals surface area contributed by atoms with Gasteiger partial charge in [0.05, 0.1) is 6.42 Å². The zero-order valence-corrected chi connectivity index (χ0v) is 11.6. The lowest BCUT2D eigenvalue weighted by Gasteiger charge is -2.25. The number of nitrogens with two attached hydrogens (primary N) is 1. The first-order valence-electron chi connectivity index (χ1n) is 6.47. The van der Waals surface area contributed by atoms with Crippen molar-refractivity contribution in [1.82, 2.24) is 0 Å². The van der Waals surface area contributed by atoms with Crippen molar-refractivity contribution in [2.45, 2.75) is 31.4 Å². The van der Waals surface area contributed by atoms with E-state index in [-0.39, 0.29) is 12.5 Å². The molecule has 1 fully saturated rings. The van der Waals surface area contributed by atoms with Crippen LogP contribution in [0.3, 0.4) is 0 Å². The molecule has 1 aromatic rings. The molecule has 5 heteroatoms. The van der Waals surface area contributed by atoms with Gasteiger partial charge in [-0.15, -0.1) is 0 Å². The highest BCUT2D eigenvalue weighted by Crippen LogP contribution is 2.29. The van der Waals surface area contributed by atoms with Crippen LogP contribution in [0.1, 0.15) is 30.9 Å². The Balaban J connectivity index is 2.08. The number of thioether (sulfide) groups is 1. The molecule has 1 aliphatic heterocycles. The van der Waals surface area contributed by atoms with Crippen LogP contribution in [0.5, 0.6) is 5.75 Å². The number of aliphatic carboxylic acids is 1. The third-order valence-corrected chi connectivity index (χ3v) is 4.22. The minimum Gasteiger partial charge on any atom is -0.490 e. The lowest BCUT2D eigenvalue weighted by atomic mass is 10.0. The second kappa shape index (κ2) is 6.82. The molecule has 4 nitrogen and oxygen atoms in total. The van der Waals surface area contributed by atoms with Gasteiger partial charge in [0.2, 0.25) is 0 Å². The summed E-state index contributed by atoms with van der Waals surface area (Å²) in [6.45, 7) is 0.